The van der Waals surface area contributed by atoms with E-state index in [-0.39, 0.29) is 17.5 Å². The molecule has 0 radical (unpaired) electrons. The standard InChI is InChI=1S/C17H15F2NO/c18-14-9-8-12(10-15(14)19)17(21)20-16-7-3-5-11-4-1-2-6-13(11)16/h1-2,4,6,8-10,16H,3,5,7H2,(H,20,21)/t16-/m0/s1. The summed E-state index contributed by atoms with van der Waals surface area (Å²) in [6.45, 7) is 0. The smallest absolute Gasteiger partial charge is 0.251 e. The highest BCUT2D eigenvalue weighted by atomic mass is 19.2. The Morgan fingerprint density at radius 2 is 1.90 bits per heavy atom. The first-order valence-electron chi connectivity index (χ1n) is 6.99. The van der Waals surface area contributed by atoms with E-state index in [1.54, 1.807) is 0 Å². The van der Waals surface area contributed by atoms with Crippen molar-refractivity contribution in [1.29, 1.82) is 0 Å². The van der Waals surface area contributed by atoms with E-state index in [1.165, 1.54) is 11.6 Å². The van der Waals surface area contributed by atoms with E-state index in [1.807, 2.05) is 18.2 Å². The lowest BCUT2D eigenvalue weighted by Gasteiger charge is -2.26. The zero-order chi connectivity index (χ0) is 14.8. The predicted octanol–water partition coefficient (Wildman–Crippen LogP) is 3.77. The molecule has 108 valence electrons. The maximum Gasteiger partial charge on any atom is 0.251 e. The summed E-state index contributed by atoms with van der Waals surface area (Å²) >= 11 is 0. The average molecular weight is 287 g/mol. The Kier molecular flexibility index (Phi) is 3.69. The zero-order valence-electron chi connectivity index (χ0n) is 11.4. The Balaban J connectivity index is 1.81. The average Bonchev–Trinajstić information content (AvgIpc) is 2.50. The van der Waals surface area contributed by atoms with E-state index in [0.29, 0.717) is 0 Å². The second kappa shape index (κ2) is 5.64. The molecule has 1 atom stereocenters. The first-order chi connectivity index (χ1) is 10.1. The number of hydrogen-bond donors (Lipinski definition) is 1. The van der Waals surface area contributed by atoms with Gasteiger partial charge in [0.1, 0.15) is 0 Å². The second-order valence-electron chi connectivity index (χ2n) is 5.25. The van der Waals surface area contributed by atoms with Crippen molar-refractivity contribution in [3.63, 3.8) is 0 Å². The number of nitrogens with one attached hydrogen (secondary N) is 1. The number of halogens is 2. The maximum absolute atomic E-state index is 13.2. The number of carbonyl (C=O) groups is 1. The van der Waals surface area contributed by atoms with E-state index < -0.39 is 11.6 Å². The number of aryl methyl sites for hydroxylation is 1. The minimum absolute atomic E-state index is 0.0736. The largest absolute Gasteiger partial charge is 0.345 e. The number of rotatable bonds is 2. The SMILES string of the molecule is O=C(N[C@H]1CCCc2ccccc21)c1ccc(F)c(F)c1. The third kappa shape index (κ3) is 2.79. The summed E-state index contributed by atoms with van der Waals surface area (Å²) in [5.41, 5.74) is 2.48. The second-order valence-corrected chi connectivity index (χ2v) is 5.25. The first-order valence-corrected chi connectivity index (χ1v) is 6.99. The molecule has 21 heavy (non-hydrogen) atoms. The van der Waals surface area contributed by atoms with Crippen LogP contribution in [0.2, 0.25) is 0 Å². The van der Waals surface area contributed by atoms with Crippen molar-refractivity contribution in [1.82, 2.24) is 5.32 Å². The molecule has 0 aromatic heterocycles. The molecule has 1 N–H and O–H groups in total. The number of benzene rings is 2. The lowest BCUT2D eigenvalue weighted by Crippen LogP contribution is -2.31. The lowest BCUT2D eigenvalue weighted by molar-refractivity contribution is 0.0932. The summed E-state index contributed by atoms with van der Waals surface area (Å²) in [5, 5.41) is 2.91. The topological polar surface area (TPSA) is 29.1 Å². The molecule has 0 saturated carbocycles. The van der Waals surface area contributed by atoms with Gasteiger partial charge in [0.15, 0.2) is 11.6 Å². The fourth-order valence-electron chi connectivity index (χ4n) is 2.78. The van der Waals surface area contributed by atoms with Crippen LogP contribution in [0.1, 0.15) is 40.4 Å². The molecule has 2 aromatic rings. The van der Waals surface area contributed by atoms with E-state index in [0.717, 1.165) is 37.0 Å². The third-order valence-electron chi connectivity index (χ3n) is 3.86. The van der Waals surface area contributed by atoms with Gasteiger partial charge in [-0.3, -0.25) is 4.79 Å². The van der Waals surface area contributed by atoms with Crippen molar-refractivity contribution in [3.05, 3.63) is 70.8 Å². The third-order valence-corrected chi connectivity index (χ3v) is 3.86. The van der Waals surface area contributed by atoms with Crippen LogP contribution in [0.5, 0.6) is 0 Å². The van der Waals surface area contributed by atoms with Gasteiger partial charge >= 0.3 is 0 Å². The Morgan fingerprint density at radius 1 is 1.10 bits per heavy atom. The predicted molar refractivity (Wildman–Crippen MR) is 75.9 cm³/mol. The fourth-order valence-corrected chi connectivity index (χ4v) is 2.78. The summed E-state index contributed by atoms with van der Waals surface area (Å²) in [5.74, 6) is -2.34. The van der Waals surface area contributed by atoms with Gasteiger partial charge in [-0.2, -0.15) is 0 Å². The number of fused-ring (bicyclic) bond motifs is 1. The summed E-state index contributed by atoms with van der Waals surface area (Å²) < 4.78 is 26.1. The molecule has 0 bridgehead atoms. The normalized spacial score (nSPS) is 17.1. The van der Waals surface area contributed by atoms with Crippen LogP contribution in [0.3, 0.4) is 0 Å². The van der Waals surface area contributed by atoms with Crippen molar-refractivity contribution in [3.8, 4) is 0 Å². The molecule has 1 aliphatic carbocycles. The molecular weight excluding hydrogens is 272 g/mol. The van der Waals surface area contributed by atoms with E-state index in [4.69, 9.17) is 0 Å². The molecule has 0 aliphatic heterocycles. The summed E-state index contributed by atoms with van der Waals surface area (Å²) in [7, 11) is 0. The molecular formula is C17H15F2NO. The van der Waals surface area contributed by atoms with Gasteiger partial charge in [0.05, 0.1) is 6.04 Å². The van der Waals surface area contributed by atoms with E-state index in [9.17, 15) is 13.6 Å². The van der Waals surface area contributed by atoms with Gasteiger partial charge in [0.2, 0.25) is 0 Å². The summed E-state index contributed by atoms with van der Waals surface area (Å²) in [6, 6.07) is 11.1. The van der Waals surface area contributed by atoms with Gasteiger partial charge in [-0.05, 0) is 48.6 Å². The Labute approximate surface area is 121 Å². The van der Waals surface area contributed by atoms with Crippen LogP contribution in [0.25, 0.3) is 0 Å². The molecule has 2 nitrogen and oxygen atoms in total. The number of amides is 1. The molecule has 0 unspecified atom stereocenters. The Hall–Kier alpha value is -2.23. The summed E-state index contributed by atoms with van der Waals surface area (Å²) in [4.78, 5) is 12.2. The van der Waals surface area contributed by atoms with Crippen LogP contribution in [0.15, 0.2) is 42.5 Å². The van der Waals surface area contributed by atoms with Gasteiger partial charge < -0.3 is 5.32 Å². The van der Waals surface area contributed by atoms with Gasteiger partial charge in [0, 0.05) is 5.56 Å². The van der Waals surface area contributed by atoms with Crippen LogP contribution in [-0.4, -0.2) is 5.91 Å². The first kappa shape index (κ1) is 13.7. The van der Waals surface area contributed by atoms with Gasteiger partial charge in [-0.25, -0.2) is 8.78 Å². The highest BCUT2D eigenvalue weighted by Gasteiger charge is 2.22. The monoisotopic (exact) mass is 287 g/mol. The molecule has 0 saturated heterocycles. The fraction of sp³-hybridized carbons (Fsp3) is 0.235. The minimum atomic E-state index is -1.01. The van der Waals surface area contributed by atoms with E-state index in [2.05, 4.69) is 11.4 Å². The number of hydrogen-bond acceptors (Lipinski definition) is 1. The van der Waals surface area contributed by atoms with Crippen LogP contribution in [-0.2, 0) is 6.42 Å². The zero-order valence-corrected chi connectivity index (χ0v) is 11.4. The molecule has 0 heterocycles. The van der Waals surface area contributed by atoms with Crippen LogP contribution in [0.4, 0.5) is 8.78 Å². The minimum Gasteiger partial charge on any atom is -0.345 e. The lowest BCUT2D eigenvalue weighted by atomic mass is 9.87. The Bertz CT molecular complexity index is 684. The van der Waals surface area contributed by atoms with Crippen LogP contribution < -0.4 is 5.32 Å². The molecule has 0 fully saturated rings. The van der Waals surface area contributed by atoms with Crippen LogP contribution >= 0.6 is 0 Å². The highest BCUT2D eigenvalue weighted by molar-refractivity contribution is 5.94. The number of carbonyl (C=O) groups excluding carboxylic acids is 1. The van der Waals surface area contributed by atoms with Gasteiger partial charge in [0.25, 0.3) is 5.91 Å². The quantitative estimate of drug-likeness (QED) is 0.895. The van der Waals surface area contributed by atoms with E-state index >= 15 is 0 Å². The maximum atomic E-state index is 13.2. The Morgan fingerprint density at radius 3 is 2.71 bits per heavy atom. The molecule has 1 amide bonds. The molecule has 4 heteroatoms. The van der Waals surface area contributed by atoms with Crippen molar-refractivity contribution >= 4 is 5.91 Å². The molecule has 1 aliphatic rings. The highest BCUT2D eigenvalue weighted by Crippen LogP contribution is 2.29. The van der Waals surface area contributed by atoms with Crippen molar-refractivity contribution in [2.75, 3.05) is 0 Å². The van der Waals surface area contributed by atoms with Crippen LogP contribution in [0, 0.1) is 11.6 Å². The van der Waals surface area contributed by atoms with Crippen molar-refractivity contribution in [2.45, 2.75) is 25.3 Å². The summed E-state index contributed by atoms with van der Waals surface area (Å²) in [6.07, 6.45) is 2.86. The molecule has 2 aromatic carbocycles. The van der Waals surface area contributed by atoms with Crippen molar-refractivity contribution in [2.24, 2.45) is 0 Å². The molecule has 0 spiro atoms. The van der Waals surface area contributed by atoms with Gasteiger partial charge in [-0.15, -0.1) is 0 Å². The molecule has 3 rings (SSSR count). The van der Waals surface area contributed by atoms with Gasteiger partial charge in [-0.1, -0.05) is 24.3 Å². The van der Waals surface area contributed by atoms with Crippen molar-refractivity contribution < 1.29 is 13.6 Å².